The maximum atomic E-state index is 12.1. The summed E-state index contributed by atoms with van der Waals surface area (Å²) in [6.45, 7) is 2.05. The smallest absolute Gasteiger partial charge is 0.269 e. The fourth-order valence-electron chi connectivity index (χ4n) is 1.60. The molecule has 0 fully saturated rings. The van der Waals surface area contributed by atoms with Gasteiger partial charge in [-0.15, -0.1) is 16.7 Å². The first-order valence-corrected chi connectivity index (χ1v) is 6.83. The Morgan fingerprint density at radius 1 is 1.44 bits per heavy atom. The molecular weight excluding hydrogens is 270 g/mol. The highest BCUT2D eigenvalue weighted by Crippen LogP contribution is 2.19. The van der Waals surface area contributed by atoms with E-state index in [1.54, 1.807) is 0 Å². The van der Waals surface area contributed by atoms with Crippen LogP contribution in [0.25, 0.3) is 0 Å². The monoisotopic (exact) mass is 281 g/mol. The number of amides is 1. The van der Waals surface area contributed by atoms with E-state index < -0.39 is 0 Å². The lowest BCUT2D eigenvalue weighted by molar-refractivity contribution is 0.102. The van der Waals surface area contributed by atoms with Crippen molar-refractivity contribution in [2.24, 2.45) is 0 Å². The van der Waals surface area contributed by atoms with Crippen molar-refractivity contribution in [2.45, 2.75) is 19.2 Å². The normalized spacial score (nSPS) is 10.3. The molecule has 0 aliphatic carbocycles. The number of nitrogens with zero attached hydrogens (tertiary/aromatic N) is 2. The van der Waals surface area contributed by atoms with E-state index >= 15 is 0 Å². The summed E-state index contributed by atoms with van der Waals surface area (Å²) in [5, 5.41) is 6.69. The zero-order chi connectivity index (χ0) is 13.0. The van der Waals surface area contributed by atoms with E-state index in [1.165, 1.54) is 0 Å². The Balaban J connectivity index is 2.21. The molecule has 1 N–H and O–H groups in total. The molecule has 0 atom stereocenters. The highest BCUT2D eigenvalue weighted by Gasteiger charge is 2.16. The minimum Gasteiger partial charge on any atom is -0.321 e. The van der Waals surface area contributed by atoms with Crippen molar-refractivity contribution >= 4 is 34.7 Å². The van der Waals surface area contributed by atoms with Crippen LogP contribution in [0.4, 0.5) is 5.69 Å². The van der Waals surface area contributed by atoms with Crippen molar-refractivity contribution in [2.75, 3.05) is 5.32 Å². The van der Waals surface area contributed by atoms with Crippen LogP contribution in [0.5, 0.6) is 0 Å². The number of para-hydroxylation sites is 1. The van der Waals surface area contributed by atoms with Crippen molar-refractivity contribution < 1.29 is 4.79 Å². The van der Waals surface area contributed by atoms with Crippen LogP contribution in [-0.2, 0) is 12.3 Å². The predicted octanol–water partition coefficient (Wildman–Crippen LogP) is 3.09. The minimum absolute atomic E-state index is 0.189. The Morgan fingerprint density at radius 3 is 2.94 bits per heavy atom. The quantitative estimate of drug-likeness (QED) is 0.876. The first-order chi connectivity index (χ1) is 8.76. The number of nitrogens with one attached hydrogen (secondary N) is 1. The van der Waals surface area contributed by atoms with Gasteiger partial charge in [-0.3, -0.25) is 4.79 Å². The molecule has 0 saturated carbocycles. The van der Waals surface area contributed by atoms with Gasteiger partial charge in [0.25, 0.3) is 5.91 Å². The molecule has 4 nitrogen and oxygen atoms in total. The largest absolute Gasteiger partial charge is 0.321 e. The number of hydrogen-bond donors (Lipinski definition) is 1. The molecule has 1 heterocycles. The summed E-state index contributed by atoms with van der Waals surface area (Å²) in [7, 11) is 0. The Labute approximate surface area is 114 Å². The van der Waals surface area contributed by atoms with Gasteiger partial charge in [0.15, 0.2) is 0 Å². The molecule has 0 bridgehead atoms. The van der Waals surface area contributed by atoms with E-state index in [-0.39, 0.29) is 11.8 Å². The third-order valence-corrected chi connectivity index (χ3v) is 3.56. The topological polar surface area (TPSA) is 54.9 Å². The van der Waals surface area contributed by atoms with Gasteiger partial charge in [0.05, 0.1) is 5.88 Å². The molecule has 0 unspecified atom stereocenters. The van der Waals surface area contributed by atoms with Crippen molar-refractivity contribution in [3.05, 3.63) is 40.4 Å². The van der Waals surface area contributed by atoms with Gasteiger partial charge in [0, 0.05) is 5.69 Å². The zero-order valence-electron chi connectivity index (χ0n) is 9.81. The van der Waals surface area contributed by atoms with E-state index in [0.29, 0.717) is 10.6 Å². The van der Waals surface area contributed by atoms with Crippen LogP contribution >= 0.6 is 23.1 Å². The number of aromatic nitrogens is 2. The molecule has 0 saturated heterocycles. The van der Waals surface area contributed by atoms with Crippen LogP contribution in [0.2, 0.25) is 0 Å². The summed E-state index contributed by atoms with van der Waals surface area (Å²) in [4.78, 5) is 12.6. The molecule has 2 aromatic rings. The molecule has 1 aromatic heterocycles. The second-order valence-electron chi connectivity index (χ2n) is 3.65. The van der Waals surface area contributed by atoms with Gasteiger partial charge < -0.3 is 5.32 Å². The van der Waals surface area contributed by atoms with E-state index in [2.05, 4.69) is 14.9 Å². The van der Waals surface area contributed by atoms with Gasteiger partial charge in [-0.05, 0) is 29.6 Å². The lowest BCUT2D eigenvalue weighted by Gasteiger charge is -2.08. The standard InChI is InChI=1S/C12H12ClN3OS/c1-2-8-5-3-4-6-9(8)14-12(17)11-10(7-13)15-16-18-11/h3-6H,2,7H2,1H3,(H,14,17). The predicted molar refractivity (Wildman–Crippen MR) is 73.2 cm³/mol. The fraction of sp³-hybridized carbons (Fsp3) is 0.250. The summed E-state index contributed by atoms with van der Waals surface area (Å²) in [5.74, 6) is -0.0177. The lowest BCUT2D eigenvalue weighted by atomic mass is 10.1. The first-order valence-electron chi connectivity index (χ1n) is 5.52. The van der Waals surface area contributed by atoms with Gasteiger partial charge in [-0.1, -0.05) is 29.6 Å². The average molecular weight is 282 g/mol. The van der Waals surface area contributed by atoms with Crippen molar-refractivity contribution in [3.63, 3.8) is 0 Å². The highest BCUT2D eigenvalue weighted by atomic mass is 35.5. The van der Waals surface area contributed by atoms with Gasteiger partial charge in [-0.2, -0.15) is 0 Å². The molecule has 0 radical (unpaired) electrons. The summed E-state index contributed by atoms with van der Waals surface area (Å²) >= 11 is 6.76. The number of hydrogen-bond acceptors (Lipinski definition) is 4. The van der Waals surface area contributed by atoms with Crippen molar-refractivity contribution in [1.82, 2.24) is 9.59 Å². The molecule has 6 heteroatoms. The van der Waals surface area contributed by atoms with Crippen molar-refractivity contribution in [3.8, 4) is 0 Å². The van der Waals surface area contributed by atoms with Gasteiger partial charge in [-0.25, -0.2) is 0 Å². The molecule has 0 aliphatic rings. The van der Waals surface area contributed by atoms with Crippen LogP contribution in [0.1, 0.15) is 27.9 Å². The average Bonchev–Trinajstić information content (AvgIpc) is 2.87. The van der Waals surface area contributed by atoms with Crippen molar-refractivity contribution in [1.29, 1.82) is 0 Å². The third-order valence-electron chi connectivity index (χ3n) is 2.54. The van der Waals surface area contributed by atoms with Crippen LogP contribution in [0.3, 0.4) is 0 Å². The Kier molecular flexibility index (Phi) is 4.28. The molecular formula is C12H12ClN3OS. The van der Waals surface area contributed by atoms with Gasteiger partial charge >= 0.3 is 0 Å². The number of anilines is 1. The number of halogens is 1. The maximum absolute atomic E-state index is 12.1. The molecule has 0 aliphatic heterocycles. The summed E-state index contributed by atoms with van der Waals surface area (Å²) in [6.07, 6.45) is 0.861. The SMILES string of the molecule is CCc1ccccc1NC(=O)c1snnc1CCl. The number of alkyl halides is 1. The molecule has 0 spiro atoms. The van der Waals surface area contributed by atoms with Crippen LogP contribution in [-0.4, -0.2) is 15.5 Å². The lowest BCUT2D eigenvalue weighted by Crippen LogP contribution is -2.13. The molecule has 1 amide bonds. The van der Waals surface area contributed by atoms with E-state index in [0.717, 1.165) is 29.2 Å². The number of aryl methyl sites for hydroxylation is 1. The summed E-state index contributed by atoms with van der Waals surface area (Å²) in [6, 6.07) is 7.71. The first kappa shape index (κ1) is 13.0. The summed E-state index contributed by atoms with van der Waals surface area (Å²) < 4.78 is 3.74. The van der Waals surface area contributed by atoms with Crippen LogP contribution in [0.15, 0.2) is 24.3 Å². The van der Waals surface area contributed by atoms with Crippen LogP contribution < -0.4 is 5.32 Å². The van der Waals surface area contributed by atoms with E-state index in [4.69, 9.17) is 11.6 Å². The number of benzene rings is 1. The zero-order valence-corrected chi connectivity index (χ0v) is 11.4. The van der Waals surface area contributed by atoms with E-state index in [1.807, 2.05) is 31.2 Å². The summed E-state index contributed by atoms with van der Waals surface area (Å²) in [5.41, 5.74) is 2.43. The third kappa shape index (κ3) is 2.68. The Hall–Kier alpha value is -1.46. The molecule has 2 rings (SSSR count). The Morgan fingerprint density at radius 2 is 2.22 bits per heavy atom. The molecule has 18 heavy (non-hydrogen) atoms. The number of carbonyl (C=O) groups is 1. The Bertz CT molecular complexity index is 556. The minimum atomic E-state index is -0.207. The second kappa shape index (κ2) is 5.93. The maximum Gasteiger partial charge on any atom is 0.269 e. The highest BCUT2D eigenvalue weighted by molar-refractivity contribution is 7.08. The molecule has 1 aromatic carbocycles. The van der Waals surface area contributed by atoms with Gasteiger partial charge in [0.2, 0.25) is 0 Å². The van der Waals surface area contributed by atoms with E-state index in [9.17, 15) is 4.79 Å². The second-order valence-corrected chi connectivity index (χ2v) is 4.67. The van der Waals surface area contributed by atoms with Crippen LogP contribution in [0, 0.1) is 0 Å². The molecule has 94 valence electrons. The van der Waals surface area contributed by atoms with Gasteiger partial charge in [0.1, 0.15) is 10.6 Å². The number of carbonyl (C=O) groups excluding carboxylic acids is 1. The fourth-order valence-corrected chi connectivity index (χ4v) is 2.44. The number of rotatable bonds is 4.